The fourth-order valence-corrected chi connectivity index (χ4v) is 2.33. The lowest BCUT2D eigenvalue weighted by atomic mass is 10.0. The summed E-state index contributed by atoms with van der Waals surface area (Å²) in [4.78, 5) is 14.1. The Morgan fingerprint density at radius 1 is 1.14 bits per heavy atom. The van der Waals surface area contributed by atoms with Crippen LogP contribution in [0.5, 0.6) is 0 Å². The lowest BCUT2D eigenvalue weighted by molar-refractivity contribution is -0.117. The van der Waals surface area contributed by atoms with E-state index >= 15 is 0 Å². The monoisotopic (exact) mass is 286 g/mol. The lowest BCUT2D eigenvalue weighted by Crippen LogP contribution is -2.32. The molecule has 110 valence electrons. The first-order valence-corrected chi connectivity index (χ1v) is 6.98. The number of hydrogen-bond acceptors (Lipinski definition) is 2. The van der Waals surface area contributed by atoms with Gasteiger partial charge in [-0.3, -0.25) is 4.79 Å². The molecule has 2 aromatic carbocycles. The van der Waals surface area contributed by atoms with Crippen molar-refractivity contribution in [2.75, 3.05) is 11.4 Å². The van der Waals surface area contributed by atoms with E-state index in [2.05, 4.69) is 0 Å². The Balaban J connectivity index is 2.21. The Hall–Kier alpha value is -2.20. The second-order valence-corrected chi connectivity index (χ2v) is 4.77. The molecule has 0 aliphatic carbocycles. The first kappa shape index (κ1) is 15.2. The maximum Gasteiger partial charge on any atom is 0.231 e. The van der Waals surface area contributed by atoms with Crippen LogP contribution in [0.1, 0.15) is 18.1 Å². The third-order valence-electron chi connectivity index (χ3n) is 3.42. The molecular weight excluding hydrogens is 267 g/mol. The maximum atomic E-state index is 13.3. The minimum atomic E-state index is -0.346. The zero-order valence-corrected chi connectivity index (χ0v) is 12.1. The number of rotatable bonds is 5. The molecular formula is C17H19FN2O. The van der Waals surface area contributed by atoms with Gasteiger partial charge in [0, 0.05) is 18.8 Å². The van der Waals surface area contributed by atoms with Gasteiger partial charge in [0.05, 0.1) is 6.42 Å². The highest BCUT2D eigenvalue weighted by Gasteiger charge is 2.16. The van der Waals surface area contributed by atoms with E-state index in [0.29, 0.717) is 18.8 Å². The van der Waals surface area contributed by atoms with Crippen molar-refractivity contribution in [3.05, 3.63) is 65.5 Å². The highest BCUT2D eigenvalue weighted by Crippen LogP contribution is 2.18. The van der Waals surface area contributed by atoms with Crippen molar-refractivity contribution in [1.29, 1.82) is 0 Å². The number of likely N-dealkylation sites (N-methyl/N-ethyl adjacent to an activating group) is 1. The summed E-state index contributed by atoms with van der Waals surface area (Å²) in [5, 5.41) is 0. The van der Waals surface area contributed by atoms with Gasteiger partial charge in [-0.15, -0.1) is 0 Å². The summed E-state index contributed by atoms with van der Waals surface area (Å²) in [7, 11) is 0. The van der Waals surface area contributed by atoms with E-state index in [1.54, 1.807) is 17.0 Å². The minimum absolute atomic E-state index is 0.0657. The van der Waals surface area contributed by atoms with Crippen LogP contribution < -0.4 is 10.6 Å². The summed E-state index contributed by atoms with van der Waals surface area (Å²) >= 11 is 0. The SMILES string of the molecule is CCN(C(=O)Cc1ccccc1CN)c1cccc(F)c1. The van der Waals surface area contributed by atoms with Crippen molar-refractivity contribution in [2.24, 2.45) is 5.73 Å². The highest BCUT2D eigenvalue weighted by molar-refractivity contribution is 5.94. The summed E-state index contributed by atoms with van der Waals surface area (Å²) in [6, 6.07) is 13.7. The lowest BCUT2D eigenvalue weighted by Gasteiger charge is -2.21. The normalized spacial score (nSPS) is 10.4. The van der Waals surface area contributed by atoms with Gasteiger partial charge in [-0.25, -0.2) is 4.39 Å². The third kappa shape index (κ3) is 3.67. The molecule has 3 nitrogen and oxygen atoms in total. The van der Waals surface area contributed by atoms with Crippen molar-refractivity contribution < 1.29 is 9.18 Å². The van der Waals surface area contributed by atoms with Gasteiger partial charge >= 0.3 is 0 Å². The first-order chi connectivity index (χ1) is 10.2. The second kappa shape index (κ2) is 6.99. The number of benzene rings is 2. The van der Waals surface area contributed by atoms with Gasteiger partial charge in [0.2, 0.25) is 5.91 Å². The fraction of sp³-hybridized carbons (Fsp3) is 0.235. The predicted molar refractivity (Wildman–Crippen MR) is 82.5 cm³/mol. The van der Waals surface area contributed by atoms with E-state index in [1.807, 2.05) is 31.2 Å². The predicted octanol–water partition coefficient (Wildman–Crippen LogP) is 2.88. The number of nitrogens with two attached hydrogens (primary N) is 1. The standard InChI is InChI=1S/C17H19FN2O/c1-2-20(16-9-5-8-15(18)11-16)17(21)10-13-6-3-4-7-14(13)12-19/h3-9,11H,2,10,12,19H2,1H3. The smallest absolute Gasteiger partial charge is 0.231 e. The molecule has 1 amide bonds. The van der Waals surface area contributed by atoms with Crippen LogP contribution in [-0.2, 0) is 17.8 Å². The zero-order valence-electron chi connectivity index (χ0n) is 12.1. The number of anilines is 1. The molecule has 21 heavy (non-hydrogen) atoms. The summed E-state index contributed by atoms with van der Waals surface area (Å²) < 4.78 is 13.3. The zero-order chi connectivity index (χ0) is 15.2. The van der Waals surface area contributed by atoms with Crippen molar-refractivity contribution >= 4 is 11.6 Å². The number of nitrogens with zero attached hydrogens (tertiary/aromatic N) is 1. The first-order valence-electron chi connectivity index (χ1n) is 6.98. The Kier molecular flexibility index (Phi) is 5.06. The molecule has 2 N–H and O–H groups in total. The van der Waals surface area contributed by atoms with E-state index in [9.17, 15) is 9.18 Å². The summed E-state index contributed by atoms with van der Waals surface area (Å²) in [5.74, 6) is -0.412. The minimum Gasteiger partial charge on any atom is -0.326 e. The topological polar surface area (TPSA) is 46.3 Å². The van der Waals surface area contributed by atoms with Gasteiger partial charge in [-0.2, -0.15) is 0 Å². The van der Waals surface area contributed by atoms with Crippen LogP contribution in [0.25, 0.3) is 0 Å². The van der Waals surface area contributed by atoms with Gasteiger partial charge in [0.1, 0.15) is 5.82 Å². The molecule has 0 bridgehead atoms. The Morgan fingerprint density at radius 3 is 2.48 bits per heavy atom. The quantitative estimate of drug-likeness (QED) is 0.918. The van der Waals surface area contributed by atoms with Crippen LogP contribution in [0, 0.1) is 5.82 Å². The van der Waals surface area contributed by atoms with Crippen molar-refractivity contribution in [3.63, 3.8) is 0 Å². The molecule has 0 saturated carbocycles. The van der Waals surface area contributed by atoms with Gasteiger partial charge in [-0.1, -0.05) is 30.3 Å². The molecule has 0 aromatic heterocycles. The molecule has 0 radical (unpaired) electrons. The molecule has 4 heteroatoms. The van der Waals surface area contributed by atoms with Crippen LogP contribution in [0.2, 0.25) is 0 Å². The largest absolute Gasteiger partial charge is 0.326 e. The van der Waals surface area contributed by atoms with E-state index in [4.69, 9.17) is 5.73 Å². The molecule has 0 unspecified atom stereocenters. The average molecular weight is 286 g/mol. The molecule has 0 heterocycles. The Labute approximate surface area is 124 Å². The van der Waals surface area contributed by atoms with Crippen LogP contribution in [0.15, 0.2) is 48.5 Å². The summed E-state index contributed by atoms with van der Waals surface area (Å²) in [5.41, 5.74) is 8.14. The Morgan fingerprint density at radius 2 is 1.86 bits per heavy atom. The molecule has 0 saturated heterocycles. The number of carbonyl (C=O) groups excluding carboxylic acids is 1. The van der Waals surface area contributed by atoms with Crippen LogP contribution in [0.4, 0.5) is 10.1 Å². The molecule has 0 spiro atoms. The highest BCUT2D eigenvalue weighted by atomic mass is 19.1. The molecule has 0 aliphatic heterocycles. The van der Waals surface area contributed by atoms with Crippen LogP contribution in [0.3, 0.4) is 0 Å². The van der Waals surface area contributed by atoms with Crippen molar-refractivity contribution in [2.45, 2.75) is 19.9 Å². The second-order valence-electron chi connectivity index (χ2n) is 4.77. The van der Waals surface area contributed by atoms with Gasteiger partial charge in [-0.05, 0) is 36.2 Å². The van der Waals surface area contributed by atoms with E-state index in [1.165, 1.54) is 12.1 Å². The average Bonchev–Trinajstić information content (AvgIpc) is 2.48. The van der Waals surface area contributed by atoms with Gasteiger partial charge in [0.25, 0.3) is 0 Å². The molecule has 0 atom stereocenters. The summed E-state index contributed by atoms with van der Waals surface area (Å²) in [6.07, 6.45) is 0.262. The molecule has 0 aliphatic rings. The molecule has 2 aromatic rings. The van der Waals surface area contributed by atoms with Gasteiger partial charge in [0.15, 0.2) is 0 Å². The van der Waals surface area contributed by atoms with Crippen LogP contribution >= 0.6 is 0 Å². The number of carbonyl (C=O) groups is 1. The van der Waals surface area contributed by atoms with E-state index < -0.39 is 0 Å². The van der Waals surface area contributed by atoms with E-state index in [0.717, 1.165) is 11.1 Å². The fourth-order valence-electron chi connectivity index (χ4n) is 2.33. The van der Waals surface area contributed by atoms with Crippen molar-refractivity contribution in [1.82, 2.24) is 0 Å². The van der Waals surface area contributed by atoms with Crippen molar-refractivity contribution in [3.8, 4) is 0 Å². The van der Waals surface area contributed by atoms with E-state index in [-0.39, 0.29) is 18.1 Å². The number of amides is 1. The third-order valence-corrected chi connectivity index (χ3v) is 3.42. The number of hydrogen-bond donors (Lipinski definition) is 1. The summed E-state index contributed by atoms with van der Waals surface area (Å²) in [6.45, 7) is 2.76. The van der Waals surface area contributed by atoms with Gasteiger partial charge < -0.3 is 10.6 Å². The van der Waals surface area contributed by atoms with Crippen LogP contribution in [-0.4, -0.2) is 12.5 Å². The number of halogens is 1. The molecule has 0 fully saturated rings. The maximum absolute atomic E-state index is 13.3. The molecule has 2 rings (SSSR count). The Bertz CT molecular complexity index is 628.